The van der Waals surface area contributed by atoms with Crippen molar-refractivity contribution in [1.82, 2.24) is 0 Å². The molecule has 1 aliphatic rings. The van der Waals surface area contributed by atoms with Crippen LogP contribution in [0.1, 0.15) is 219 Å². The molecular formula is C46H89O12P. The lowest BCUT2D eigenvalue weighted by Gasteiger charge is -2.41. The molecule has 0 spiro atoms. The van der Waals surface area contributed by atoms with Gasteiger partial charge < -0.3 is 39.9 Å². The van der Waals surface area contributed by atoms with E-state index in [1.54, 1.807) is 0 Å². The maximum Gasteiger partial charge on any atom is 0.472 e. The summed E-state index contributed by atoms with van der Waals surface area (Å²) in [4.78, 5) is 23.1. The third-order valence-electron chi connectivity index (χ3n) is 11.5. The van der Waals surface area contributed by atoms with Crippen molar-refractivity contribution in [1.29, 1.82) is 0 Å². The van der Waals surface area contributed by atoms with Crippen molar-refractivity contribution in [2.75, 3.05) is 13.2 Å². The van der Waals surface area contributed by atoms with Gasteiger partial charge in [-0.3, -0.25) is 13.8 Å². The van der Waals surface area contributed by atoms with E-state index in [0.29, 0.717) is 6.42 Å². The molecule has 0 heterocycles. The molecule has 0 radical (unpaired) electrons. The second-order valence-corrected chi connectivity index (χ2v) is 18.4. The molecule has 0 aromatic rings. The molecule has 0 aromatic heterocycles. The average molecular weight is 865 g/mol. The monoisotopic (exact) mass is 865 g/mol. The molecule has 59 heavy (non-hydrogen) atoms. The Morgan fingerprint density at radius 1 is 0.525 bits per heavy atom. The molecule has 0 saturated heterocycles. The zero-order valence-corrected chi connectivity index (χ0v) is 38.2. The molecule has 1 saturated carbocycles. The third-order valence-corrected chi connectivity index (χ3v) is 12.5. The van der Waals surface area contributed by atoms with Gasteiger partial charge in [0, 0.05) is 6.42 Å². The highest BCUT2D eigenvalue weighted by Crippen LogP contribution is 2.47. The number of ether oxygens (including phenoxy) is 2. The SMILES string of the molecule is CCCCCCCCCCCCCCCC/C=C\OC[C@H](COP(=O)(O)OC1C(O)C(O)C(O)[C@@H](O)C1O)OC(=O)CCCCCCCCCCCCCCCCCC. The molecule has 0 aromatic carbocycles. The summed E-state index contributed by atoms with van der Waals surface area (Å²) in [6, 6.07) is 0. The summed E-state index contributed by atoms with van der Waals surface area (Å²) in [5.41, 5.74) is 0. The summed E-state index contributed by atoms with van der Waals surface area (Å²) in [6.45, 7) is 3.75. The Labute approximate surface area is 358 Å². The number of aliphatic hydroxyl groups is 5. The number of carbonyl (C=O) groups excluding carboxylic acids is 1. The number of carbonyl (C=O) groups is 1. The fourth-order valence-corrected chi connectivity index (χ4v) is 8.59. The number of phosphoric ester groups is 1. The van der Waals surface area contributed by atoms with E-state index in [0.717, 1.165) is 38.5 Å². The molecule has 8 atom stereocenters. The Balaban J connectivity index is 2.39. The number of allylic oxidation sites excluding steroid dienone is 1. The van der Waals surface area contributed by atoms with Gasteiger partial charge in [0.25, 0.3) is 0 Å². The van der Waals surface area contributed by atoms with Gasteiger partial charge in [-0.1, -0.05) is 194 Å². The fraction of sp³-hybridized carbons (Fsp3) is 0.935. The van der Waals surface area contributed by atoms with Gasteiger partial charge in [-0.15, -0.1) is 0 Å². The van der Waals surface area contributed by atoms with Crippen molar-refractivity contribution in [2.24, 2.45) is 0 Å². The summed E-state index contributed by atoms with van der Waals surface area (Å²) in [7, 11) is -5.03. The highest BCUT2D eigenvalue weighted by atomic mass is 31.2. The second kappa shape index (κ2) is 37.5. The highest BCUT2D eigenvalue weighted by Gasteiger charge is 2.51. The molecule has 6 N–H and O–H groups in total. The molecular weight excluding hydrogens is 775 g/mol. The summed E-state index contributed by atoms with van der Waals surface area (Å²) in [5.74, 6) is -0.494. The normalized spacial score (nSPS) is 22.4. The van der Waals surface area contributed by atoms with Gasteiger partial charge in [0.2, 0.25) is 0 Å². The Hall–Kier alpha value is -1.08. The van der Waals surface area contributed by atoms with E-state index < -0.39 is 63.1 Å². The van der Waals surface area contributed by atoms with Crippen LogP contribution in [-0.2, 0) is 27.9 Å². The van der Waals surface area contributed by atoms with Crippen molar-refractivity contribution in [3.05, 3.63) is 12.3 Å². The number of esters is 1. The average Bonchev–Trinajstić information content (AvgIpc) is 3.22. The largest absolute Gasteiger partial charge is 0.498 e. The second-order valence-electron chi connectivity index (χ2n) is 17.0. The zero-order valence-electron chi connectivity index (χ0n) is 37.3. The number of hydrogen-bond donors (Lipinski definition) is 6. The van der Waals surface area contributed by atoms with E-state index in [2.05, 4.69) is 13.8 Å². The van der Waals surface area contributed by atoms with E-state index in [9.17, 15) is 39.8 Å². The van der Waals surface area contributed by atoms with Crippen LogP contribution in [0.2, 0.25) is 0 Å². The van der Waals surface area contributed by atoms with Crippen LogP contribution in [0.5, 0.6) is 0 Å². The maximum atomic E-state index is 12.8. The number of unbranched alkanes of at least 4 members (excludes halogenated alkanes) is 29. The van der Waals surface area contributed by atoms with E-state index in [1.165, 1.54) is 160 Å². The molecule has 1 fully saturated rings. The standard InChI is InChI=1S/C46H89O12P/c1-3-5-7-9-11-13-15-17-19-21-23-25-27-29-31-33-35-40(47)57-39(38-56-59(53,54)58-46-44(51)42(49)41(48)43(50)45(46)52)37-55-36-34-32-30-28-26-24-22-20-18-16-14-12-10-8-6-4-2/h34,36,39,41-46,48-52H,3-33,35,37-38H2,1-2H3,(H,53,54)/b36-34-/t39-,41?,42-,43?,44?,45?,46?/m1/s1. The summed E-state index contributed by atoms with van der Waals surface area (Å²) in [5, 5.41) is 50.2. The minimum absolute atomic E-state index is 0.155. The van der Waals surface area contributed by atoms with Gasteiger partial charge in [-0.2, -0.15) is 0 Å². The van der Waals surface area contributed by atoms with Gasteiger partial charge in [0.15, 0.2) is 6.10 Å². The van der Waals surface area contributed by atoms with Crippen LogP contribution in [0.4, 0.5) is 0 Å². The first-order chi connectivity index (χ1) is 28.5. The van der Waals surface area contributed by atoms with Crippen LogP contribution >= 0.6 is 7.82 Å². The van der Waals surface area contributed by atoms with Gasteiger partial charge >= 0.3 is 13.8 Å². The Kier molecular flexibility index (Phi) is 35.5. The fourth-order valence-electron chi connectivity index (χ4n) is 7.62. The predicted molar refractivity (Wildman–Crippen MR) is 235 cm³/mol. The van der Waals surface area contributed by atoms with Crippen LogP contribution in [0, 0.1) is 0 Å². The van der Waals surface area contributed by atoms with Crippen LogP contribution < -0.4 is 0 Å². The molecule has 0 amide bonds. The van der Waals surface area contributed by atoms with Crippen molar-refractivity contribution in [3.63, 3.8) is 0 Å². The third kappa shape index (κ3) is 29.8. The molecule has 0 aliphatic heterocycles. The van der Waals surface area contributed by atoms with Gasteiger partial charge in [-0.05, 0) is 25.3 Å². The van der Waals surface area contributed by atoms with E-state index in [4.69, 9.17) is 18.5 Å². The zero-order chi connectivity index (χ0) is 43.4. The smallest absolute Gasteiger partial charge is 0.472 e. The van der Waals surface area contributed by atoms with Crippen molar-refractivity contribution < 1.29 is 58.3 Å². The van der Waals surface area contributed by atoms with Crippen LogP contribution in [-0.4, -0.2) is 92.3 Å². The Morgan fingerprint density at radius 3 is 1.29 bits per heavy atom. The molecule has 1 aliphatic carbocycles. The number of aliphatic hydroxyl groups excluding tert-OH is 5. The Bertz CT molecular complexity index is 1030. The number of rotatable bonds is 41. The van der Waals surface area contributed by atoms with Gasteiger partial charge in [-0.25, -0.2) is 4.57 Å². The lowest BCUT2D eigenvalue weighted by atomic mass is 9.85. The first-order valence-corrected chi connectivity index (χ1v) is 25.6. The van der Waals surface area contributed by atoms with E-state index in [-0.39, 0.29) is 13.0 Å². The Morgan fingerprint density at radius 2 is 0.881 bits per heavy atom. The lowest BCUT2D eigenvalue weighted by Crippen LogP contribution is -2.64. The number of hydrogen-bond acceptors (Lipinski definition) is 11. The molecule has 350 valence electrons. The van der Waals surface area contributed by atoms with Crippen molar-refractivity contribution >= 4 is 13.8 Å². The van der Waals surface area contributed by atoms with Crippen LogP contribution in [0.15, 0.2) is 12.3 Å². The highest BCUT2D eigenvalue weighted by molar-refractivity contribution is 7.47. The maximum absolute atomic E-state index is 12.8. The van der Waals surface area contributed by atoms with Gasteiger partial charge in [0.05, 0.1) is 12.9 Å². The molecule has 6 unspecified atom stereocenters. The van der Waals surface area contributed by atoms with Crippen LogP contribution in [0.3, 0.4) is 0 Å². The van der Waals surface area contributed by atoms with Crippen molar-refractivity contribution in [3.8, 4) is 0 Å². The first-order valence-electron chi connectivity index (χ1n) is 24.1. The minimum Gasteiger partial charge on any atom is -0.498 e. The molecule has 13 heteroatoms. The van der Waals surface area contributed by atoms with E-state index in [1.807, 2.05) is 6.08 Å². The summed E-state index contributed by atoms with van der Waals surface area (Å²) >= 11 is 0. The van der Waals surface area contributed by atoms with Gasteiger partial charge in [0.1, 0.15) is 43.2 Å². The van der Waals surface area contributed by atoms with Crippen LogP contribution in [0.25, 0.3) is 0 Å². The quantitative estimate of drug-likeness (QED) is 0.0148. The summed E-state index contributed by atoms with van der Waals surface area (Å²) in [6.07, 6.45) is 29.3. The van der Waals surface area contributed by atoms with Crippen molar-refractivity contribution in [2.45, 2.75) is 262 Å². The molecule has 1 rings (SSSR count). The molecule has 12 nitrogen and oxygen atoms in total. The lowest BCUT2D eigenvalue weighted by molar-refractivity contribution is -0.220. The molecule has 0 bridgehead atoms. The predicted octanol–water partition coefficient (Wildman–Crippen LogP) is 10.3. The first kappa shape index (κ1) is 55.9. The number of phosphoric acid groups is 1. The summed E-state index contributed by atoms with van der Waals surface area (Å²) < 4.78 is 34.0. The topological polar surface area (TPSA) is 192 Å². The van der Waals surface area contributed by atoms with E-state index >= 15 is 0 Å². The minimum atomic E-state index is -5.03.